The summed E-state index contributed by atoms with van der Waals surface area (Å²) in [7, 11) is -4.77. The first-order valence-corrected chi connectivity index (χ1v) is 11.6. The fourth-order valence-electron chi connectivity index (χ4n) is 2.96. The van der Waals surface area contributed by atoms with Crippen molar-refractivity contribution in [2.24, 2.45) is 0 Å². The van der Waals surface area contributed by atoms with Gasteiger partial charge in [0.1, 0.15) is 11.5 Å². The maximum atomic E-state index is 12.8. The van der Waals surface area contributed by atoms with Crippen LogP contribution in [0.5, 0.6) is 11.5 Å². The molecule has 2 aromatic rings. The quantitative estimate of drug-likeness (QED) is 0.729. The number of sulfonamides is 2. The van der Waals surface area contributed by atoms with Crippen LogP contribution in [0.1, 0.15) is 12.8 Å². The highest BCUT2D eigenvalue weighted by atomic mass is 32.2. The summed E-state index contributed by atoms with van der Waals surface area (Å²) in [6, 6.07) is 10.00. The summed E-state index contributed by atoms with van der Waals surface area (Å²) in [5, 5.41) is 0. The molecule has 1 aliphatic rings. The first kappa shape index (κ1) is 20.4. The number of nitrogens with zero attached hydrogens (tertiary/aromatic N) is 1. The predicted molar refractivity (Wildman–Crippen MR) is 105 cm³/mol. The number of ether oxygens (including phenoxy) is 2. The van der Waals surface area contributed by atoms with Gasteiger partial charge in [-0.05, 0) is 55.3 Å². The van der Waals surface area contributed by atoms with Gasteiger partial charge in [-0.25, -0.2) is 16.8 Å². The van der Waals surface area contributed by atoms with Gasteiger partial charge in [-0.1, -0.05) is 0 Å². The molecule has 0 aliphatic carbocycles. The van der Waals surface area contributed by atoms with Crippen LogP contribution in [0, 0.1) is 0 Å². The van der Waals surface area contributed by atoms with Crippen LogP contribution < -0.4 is 14.2 Å². The maximum Gasteiger partial charge on any atom is 0.262 e. The van der Waals surface area contributed by atoms with Crippen molar-refractivity contribution in [3.63, 3.8) is 0 Å². The van der Waals surface area contributed by atoms with Gasteiger partial charge >= 0.3 is 0 Å². The lowest BCUT2D eigenvalue weighted by atomic mass is 10.3. The van der Waals surface area contributed by atoms with Crippen molar-refractivity contribution in [3.05, 3.63) is 42.5 Å². The normalized spacial score (nSPS) is 15.4. The summed E-state index contributed by atoms with van der Waals surface area (Å²) in [4.78, 5) is 0.0331. The molecule has 0 bridgehead atoms. The molecule has 1 aliphatic heterocycles. The van der Waals surface area contributed by atoms with E-state index in [1.165, 1.54) is 61.0 Å². The van der Waals surface area contributed by atoms with Gasteiger partial charge < -0.3 is 9.47 Å². The summed E-state index contributed by atoms with van der Waals surface area (Å²) in [6.07, 6.45) is 1.62. The van der Waals surface area contributed by atoms with Gasteiger partial charge in [-0.3, -0.25) is 4.72 Å². The molecular formula is C18H22N2O6S2. The third kappa shape index (κ3) is 4.08. The SMILES string of the molecule is COc1ccc(S(=O)(=O)Nc2cc(S(=O)(=O)N3CCCC3)ccc2OC)cc1. The fourth-order valence-corrected chi connectivity index (χ4v) is 5.57. The van der Waals surface area contributed by atoms with Crippen molar-refractivity contribution in [3.8, 4) is 11.5 Å². The smallest absolute Gasteiger partial charge is 0.262 e. The van der Waals surface area contributed by atoms with Crippen LogP contribution >= 0.6 is 0 Å². The first-order chi connectivity index (χ1) is 13.3. The molecule has 0 spiro atoms. The van der Waals surface area contributed by atoms with Crippen LogP contribution in [0.25, 0.3) is 0 Å². The van der Waals surface area contributed by atoms with Gasteiger partial charge in [-0.2, -0.15) is 4.31 Å². The van der Waals surface area contributed by atoms with Gasteiger partial charge in [0.2, 0.25) is 10.0 Å². The Morgan fingerprint density at radius 2 is 1.46 bits per heavy atom. The highest BCUT2D eigenvalue weighted by Gasteiger charge is 2.28. The van der Waals surface area contributed by atoms with Gasteiger partial charge in [-0.15, -0.1) is 0 Å². The minimum Gasteiger partial charge on any atom is -0.497 e. The van der Waals surface area contributed by atoms with Crippen molar-refractivity contribution in [2.45, 2.75) is 22.6 Å². The number of hydrogen-bond donors (Lipinski definition) is 1. The standard InChI is InChI=1S/C18H22N2O6S2/c1-25-14-5-7-15(8-6-14)27(21,22)19-17-13-16(9-10-18(17)26-2)28(23,24)20-11-3-4-12-20/h5-10,13,19H,3-4,11-12H2,1-2H3. The van der Waals surface area contributed by atoms with Crippen molar-refractivity contribution >= 4 is 25.7 Å². The molecular weight excluding hydrogens is 404 g/mol. The Balaban J connectivity index is 1.96. The Kier molecular flexibility index (Phi) is 5.82. The van der Waals surface area contributed by atoms with E-state index in [0.717, 1.165) is 12.8 Å². The lowest BCUT2D eigenvalue weighted by Crippen LogP contribution is -2.28. The van der Waals surface area contributed by atoms with Gasteiger partial charge in [0, 0.05) is 13.1 Å². The number of rotatable bonds is 7. The molecule has 0 atom stereocenters. The summed E-state index contributed by atoms with van der Waals surface area (Å²) < 4.78 is 65.1. The van der Waals surface area contributed by atoms with Crippen molar-refractivity contribution < 1.29 is 26.3 Å². The Morgan fingerprint density at radius 3 is 2.04 bits per heavy atom. The topological polar surface area (TPSA) is 102 Å². The third-order valence-corrected chi connectivity index (χ3v) is 7.76. The van der Waals surface area contributed by atoms with Crippen LogP contribution in [0.4, 0.5) is 5.69 Å². The van der Waals surface area contributed by atoms with E-state index in [-0.39, 0.29) is 21.2 Å². The Hall–Kier alpha value is -2.30. The van der Waals surface area contributed by atoms with E-state index in [1.807, 2.05) is 0 Å². The first-order valence-electron chi connectivity index (χ1n) is 8.63. The van der Waals surface area contributed by atoms with Gasteiger partial charge in [0.15, 0.2) is 0 Å². The third-order valence-electron chi connectivity index (χ3n) is 4.49. The van der Waals surface area contributed by atoms with Crippen LogP contribution in [0.3, 0.4) is 0 Å². The number of hydrogen-bond acceptors (Lipinski definition) is 6. The van der Waals surface area contributed by atoms with Crippen LogP contribution in [0.2, 0.25) is 0 Å². The van der Waals surface area contributed by atoms with Crippen LogP contribution in [0.15, 0.2) is 52.3 Å². The number of nitrogens with one attached hydrogen (secondary N) is 1. The average molecular weight is 427 g/mol. The average Bonchev–Trinajstić information content (AvgIpc) is 3.23. The molecule has 0 amide bonds. The van der Waals surface area contributed by atoms with E-state index in [9.17, 15) is 16.8 Å². The zero-order chi connectivity index (χ0) is 20.4. The van der Waals surface area contributed by atoms with Crippen LogP contribution in [-0.2, 0) is 20.0 Å². The number of anilines is 1. The lowest BCUT2D eigenvalue weighted by molar-refractivity contribution is 0.414. The molecule has 0 saturated carbocycles. The summed E-state index contributed by atoms with van der Waals surface area (Å²) >= 11 is 0. The van der Waals surface area contributed by atoms with Crippen molar-refractivity contribution in [1.29, 1.82) is 0 Å². The highest BCUT2D eigenvalue weighted by Crippen LogP contribution is 2.32. The Bertz CT molecular complexity index is 1040. The summed E-state index contributed by atoms with van der Waals surface area (Å²) in [5.74, 6) is 0.743. The zero-order valence-electron chi connectivity index (χ0n) is 15.6. The fraction of sp³-hybridized carbons (Fsp3) is 0.333. The minimum absolute atomic E-state index is 0.0163. The largest absolute Gasteiger partial charge is 0.497 e. The predicted octanol–water partition coefficient (Wildman–Crippen LogP) is 2.29. The molecule has 1 fully saturated rings. The molecule has 0 aromatic heterocycles. The second kappa shape index (κ2) is 7.98. The van der Waals surface area contributed by atoms with Crippen molar-refractivity contribution in [1.82, 2.24) is 4.31 Å². The van der Waals surface area contributed by atoms with Crippen molar-refractivity contribution in [2.75, 3.05) is 32.0 Å². The van der Waals surface area contributed by atoms with Crippen LogP contribution in [-0.4, -0.2) is 48.4 Å². The van der Waals surface area contributed by atoms with E-state index in [2.05, 4.69) is 4.72 Å². The summed E-state index contributed by atoms with van der Waals surface area (Å²) in [6.45, 7) is 0.919. The van der Waals surface area contributed by atoms with E-state index < -0.39 is 20.0 Å². The molecule has 2 aromatic carbocycles. The second-order valence-corrected chi connectivity index (χ2v) is 9.87. The maximum absolute atomic E-state index is 12.8. The van der Waals surface area contributed by atoms with E-state index in [1.54, 1.807) is 0 Å². The molecule has 3 rings (SSSR count). The van der Waals surface area contributed by atoms with E-state index in [4.69, 9.17) is 9.47 Å². The highest BCUT2D eigenvalue weighted by molar-refractivity contribution is 7.92. The van der Waals surface area contributed by atoms with Gasteiger partial charge in [0.25, 0.3) is 10.0 Å². The molecule has 0 unspecified atom stereocenters. The Morgan fingerprint density at radius 1 is 0.857 bits per heavy atom. The minimum atomic E-state index is -3.95. The molecule has 1 heterocycles. The molecule has 1 N–H and O–H groups in total. The molecule has 10 heteroatoms. The Labute approximate surface area is 165 Å². The summed E-state index contributed by atoms with van der Waals surface area (Å²) in [5.41, 5.74) is 0.0542. The van der Waals surface area contributed by atoms with E-state index in [0.29, 0.717) is 18.8 Å². The molecule has 1 saturated heterocycles. The monoisotopic (exact) mass is 426 g/mol. The van der Waals surface area contributed by atoms with Gasteiger partial charge in [0.05, 0.1) is 29.7 Å². The zero-order valence-corrected chi connectivity index (χ0v) is 17.2. The van der Waals surface area contributed by atoms with E-state index >= 15 is 0 Å². The lowest BCUT2D eigenvalue weighted by Gasteiger charge is -2.18. The molecule has 0 radical (unpaired) electrons. The number of methoxy groups -OCH3 is 2. The molecule has 152 valence electrons. The second-order valence-electron chi connectivity index (χ2n) is 6.25. The number of benzene rings is 2. The molecule has 8 nitrogen and oxygen atoms in total. The molecule has 28 heavy (non-hydrogen) atoms.